The van der Waals surface area contributed by atoms with Gasteiger partial charge in [0.2, 0.25) is 0 Å². The van der Waals surface area contributed by atoms with Crippen molar-refractivity contribution in [1.82, 2.24) is 0 Å². The van der Waals surface area contributed by atoms with Gasteiger partial charge in [-0.05, 0) is 24.6 Å². The van der Waals surface area contributed by atoms with E-state index >= 15 is 0 Å². The minimum atomic E-state index is -0.847. The minimum absolute atomic E-state index is 0. The van der Waals surface area contributed by atoms with E-state index in [1.54, 1.807) is 6.92 Å². The molecule has 0 fully saturated rings. The molecule has 0 radical (unpaired) electrons. The van der Waals surface area contributed by atoms with Crippen molar-refractivity contribution in [1.29, 1.82) is 0 Å². The van der Waals surface area contributed by atoms with Gasteiger partial charge in [0.25, 0.3) is 0 Å². The quantitative estimate of drug-likeness (QED) is 0.728. The summed E-state index contributed by atoms with van der Waals surface area (Å²) >= 11 is 0. The SMILES string of the molecule is C[C@@H](N)c1ccc(F)c(F)c1.Cl. The first-order chi connectivity index (χ1) is 5.11. The lowest BCUT2D eigenvalue weighted by molar-refractivity contribution is 0.506. The highest BCUT2D eigenvalue weighted by Gasteiger charge is 2.04. The second-order valence-corrected chi connectivity index (χ2v) is 2.46. The van der Waals surface area contributed by atoms with Crippen LogP contribution in [0.1, 0.15) is 18.5 Å². The molecule has 0 aliphatic heterocycles. The molecule has 1 atom stereocenters. The molecule has 0 heterocycles. The number of benzene rings is 1. The van der Waals surface area contributed by atoms with Crippen LogP contribution in [-0.4, -0.2) is 0 Å². The highest BCUT2D eigenvalue weighted by Crippen LogP contribution is 2.13. The highest BCUT2D eigenvalue weighted by molar-refractivity contribution is 5.85. The predicted molar refractivity (Wildman–Crippen MR) is 46.2 cm³/mol. The van der Waals surface area contributed by atoms with Crippen LogP contribution < -0.4 is 5.73 Å². The zero-order chi connectivity index (χ0) is 8.43. The van der Waals surface area contributed by atoms with Crippen LogP contribution >= 0.6 is 12.4 Å². The Morgan fingerprint density at radius 2 is 1.83 bits per heavy atom. The molecule has 0 bridgehead atoms. The van der Waals surface area contributed by atoms with Crippen LogP contribution in [0.4, 0.5) is 8.78 Å². The molecule has 1 aromatic rings. The second-order valence-electron chi connectivity index (χ2n) is 2.46. The molecule has 1 rings (SSSR count). The summed E-state index contributed by atoms with van der Waals surface area (Å²) in [6.45, 7) is 1.71. The van der Waals surface area contributed by atoms with E-state index in [0.717, 1.165) is 12.1 Å². The summed E-state index contributed by atoms with van der Waals surface area (Å²) in [6, 6.07) is 3.40. The maximum absolute atomic E-state index is 12.5. The van der Waals surface area contributed by atoms with Gasteiger partial charge in [-0.15, -0.1) is 12.4 Å². The van der Waals surface area contributed by atoms with Gasteiger partial charge in [0.15, 0.2) is 11.6 Å². The third kappa shape index (κ3) is 2.43. The Hall–Kier alpha value is -0.670. The summed E-state index contributed by atoms with van der Waals surface area (Å²) in [5.41, 5.74) is 6.04. The zero-order valence-corrected chi connectivity index (χ0v) is 7.37. The zero-order valence-electron chi connectivity index (χ0n) is 6.55. The average molecular weight is 194 g/mol. The van der Waals surface area contributed by atoms with Crippen LogP contribution in [0.15, 0.2) is 18.2 Å². The predicted octanol–water partition coefficient (Wildman–Crippen LogP) is 2.41. The summed E-state index contributed by atoms with van der Waals surface area (Å²) in [6.07, 6.45) is 0. The molecular formula is C8H10ClF2N. The van der Waals surface area contributed by atoms with Crippen molar-refractivity contribution in [3.63, 3.8) is 0 Å². The molecule has 0 spiro atoms. The number of nitrogens with two attached hydrogens (primary N) is 1. The molecular weight excluding hydrogens is 184 g/mol. The van der Waals surface area contributed by atoms with Crippen LogP contribution in [-0.2, 0) is 0 Å². The standard InChI is InChI=1S/C8H9F2N.ClH/c1-5(11)6-2-3-7(9)8(10)4-6;/h2-5H,11H2,1H3;1H/t5-;/m1./s1. The van der Waals surface area contributed by atoms with E-state index in [1.165, 1.54) is 6.07 Å². The largest absolute Gasteiger partial charge is 0.324 e. The van der Waals surface area contributed by atoms with E-state index in [1.807, 2.05) is 0 Å². The third-order valence-electron chi connectivity index (χ3n) is 1.47. The van der Waals surface area contributed by atoms with Crippen molar-refractivity contribution in [3.8, 4) is 0 Å². The normalized spacial score (nSPS) is 12.0. The van der Waals surface area contributed by atoms with Gasteiger partial charge in [0, 0.05) is 6.04 Å². The fourth-order valence-corrected chi connectivity index (χ4v) is 0.796. The number of rotatable bonds is 1. The van der Waals surface area contributed by atoms with Crippen molar-refractivity contribution in [2.24, 2.45) is 5.73 Å². The summed E-state index contributed by atoms with van der Waals surface area (Å²) in [7, 11) is 0. The van der Waals surface area contributed by atoms with E-state index in [0.29, 0.717) is 5.56 Å². The Morgan fingerprint density at radius 3 is 2.25 bits per heavy atom. The first-order valence-electron chi connectivity index (χ1n) is 3.32. The van der Waals surface area contributed by atoms with Gasteiger partial charge in [0.1, 0.15) is 0 Å². The lowest BCUT2D eigenvalue weighted by Crippen LogP contribution is -2.05. The van der Waals surface area contributed by atoms with E-state index in [-0.39, 0.29) is 18.4 Å². The fourth-order valence-electron chi connectivity index (χ4n) is 0.796. The topological polar surface area (TPSA) is 26.0 Å². The van der Waals surface area contributed by atoms with E-state index in [4.69, 9.17) is 5.73 Å². The monoisotopic (exact) mass is 193 g/mol. The molecule has 0 aliphatic carbocycles. The van der Waals surface area contributed by atoms with Crippen molar-refractivity contribution >= 4 is 12.4 Å². The van der Waals surface area contributed by atoms with Crippen molar-refractivity contribution in [2.45, 2.75) is 13.0 Å². The Labute approximate surface area is 76.0 Å². The van der Waals surface area contributed by atoms with E-state index in [9.17, 15) is 8.78 Å². The molecule has 1 nitrogen and oxygen atoms in total. The molecule has 4 heteroatoms. The molecule has 0 saturated heterocycles. The van der Waals surface area contributed by atoms with Gasteiger partial charge < -0.3 is 5.73 Å². The van der Waals surface area contributed by atoms with Gasteiger partial charge >= 0.3 is 0 Å². The summed E-state index contributed by atoms with van der Waals surface area (Å²) in [4.78, 5) is 0. The summed E-state index contributed by atoms with van der Waals surface area (Å²) < 4.78 is 24.9. The van der Waals surface area contributed by atoms with Gasteiger partial charge in [-0.2, -0.15) is 0 Å². The average Bonchev–Trinajstić information content (AvgIpc) is 1.94. The van der Waals surface area contributed by atoms with E-state index < -0.39 is 11.6 Å². The Bertz CT molecular complexity index is 263. The van der Waals surface area contributed by atoms with Crippen LogP contribution in [0.25, 0.3) is 0 Å². The molecule has 0 aliphatic rings. The maximum atomic E-state index is 12.5. The van der Waals surface area contributed by atoms with Gasteiger partial charge in [0.05, 0.1) is 0 Å². The van der Waals surface area contributed by atoms with E-state index in [2.05, 4.69) is 0 Å². The molecule has 0 aromatic heterocycles. The molecule has 12 heavy (non-hydrogen) atoms. The van der Waals surface area contributed by atoms with Crippen LogP contribution in [0, 0.1) is 11.6 Å². The van der Waals surface area contributed by atoms with Crippen molar-refractivity contribution in [2.75, 3.05) is 0 Å². The number of hydrogen-bond acceptors (Lipinski definition) is 1. The Kier molecular flexibility index (Phi) is 4.13. The lowest BCUT2D eigenvalue weighted by Gasteiger charge is -2.04. The van der Waals surface area contributed by atoms with Crippen LogP contribution in [0.5, 0.6) is 0 Å². The van der Waals surface area contributed by atoms with Gasteiger partial charge in [-0.1, -0.05) is 6.07 Å². The molecule has 1 aromatic carbocycles. The second kappa shape index (κ2) is 4.38. The molecule has 68 valence electrons. The molecule has 2 N–H and O–H groups in total. The first-order valence-corrected chi connectivity index (χ1v) is 3.32. The van der Waals surface area contributed by atoms with Crippen molar-refractivity contribution < 1.29 is 8.78 Å². The Morgan fingerprint density at radius 1 is 1.25 bits per heavy atom. The number of hydrogen-bond donors (Lipinski definition) is 1. The molecule has 0 amide bonds. The number of halogens is 3. The highest BCUT2D eigenvalue weighted by atomic mass is 35.5. The summed E-state index contributed by atoms with van der Waals surface area (Å²) in [5, 5.41) is 0. The first kappa shape index (κ1) is 11.3. The lowest BCUT2D eigenvalue weighted by atomic mass is 10.1. The summed E-state index contributed by atoms with van der Waals surface area (Å²) in [5.74, 6) is -1.69. The third-order valence-corrected chi connectivity index (χ3v) is 1.47. The maximum Gasteiger partial charge on any atom is 0.159 e. The Balaban J connectivity index is 0.00000121. The van der Waals surface area contributed by atoms with Gasteiger partial charge in [-0.3, -0.25) is 0 Å². The smallest absolute Gasteiger partial charge is 0.159 e. The van der Waals surface area contributed by atoms with Crippen molar-refractivity contribution in [3.05, 3.63) is 35.4 Å². The molecule has 0 saturated carbocycles. The molecule has 0 unspecified atom stereocenters. The van der Waals surface area contributed by atoms with Crippen LogP contribution in [0.2, 0.25) is 0 Å². The minimum Gasteiger partial charge on any atom is -0.324 e. The van der Waals surface area contributed by atoms with Crippen LogP contribution in [0.3, 0.4) is 0 Å². The van der Waals surface area contributed by atoms with Gasteiger partial charge in [-0.25, -0.2) is 8.78 Å². The fraction of sp³-hybridized carbons (Fsp3) is 0.250.